The van der Waals surface area contributed by atoms with Crippen LogP contribution < -0.4 is 0 Å². The van der Waals surface area contributed by atoms with Crippen molar-refractivity contribution in [2.45, 2.75) is 11.5 Å². The van der Waals surface area contributed by atoms with Crippen molar-refractivity contribution in [2.75, 3.05) is 40.3 Å². The predicted octanol–water partition coefficient (Wildman–Crippen LogP) is 0.769. The van der Waals surface area contributed by atoms with Gasteiger partial charge in [0.05, 0.1) is 11.5 Å². The molecule has 1 saturated heterocycles. The van der Waals surface area contributed by atoms with Crippen LogP contribution in [0.25, 0.3) is 0 Å². The zero-order chi connectivity index (χ0) is 13.9. The van der Waals surface area contributed by atoms with Gasteiger partial charge in [-0.25, -0.2) is 8.42 Å². The summed E-state index contributed by atoms with van der Waals surface area (Å²) < 4.78 is 31.6. The van der Waals surface area contributed by atoms with Gasteiger partial charge in [0.25, 0.3) is 0 Å². The number of likely N-dealkylation sites (N-methyl/N-ethyl adjacent to an activating group) is 1. The summed E-state index contributed by atoms with van der Waals surface area (Å²) in [5, 5.41) is 0. The smallest absolute Gasteiger partial charge is 0.243 e. The molecule has 0 saturated carbocycles. The fraction of sp³-hybridized carbons (Fsp3) is 0.538. The number of methoxy groups -OCH3 is 1. The number of hydrogen-bond donors (Lipinski definition) is 0. The summed E-state index contributed by atoms with van der Waals surface area (Å²) >= 11 is 0. The Morgan fingerprint density at radius 2 is 1.89 bits per heavy atom. The third-order valence-corrected chi connectivity index (χ3v) is 5.20. The summed E-state index contributed by atoms with van der Waals surface area (Å²) in [7, 11) is 0.227. The van der Waals surface area contributed by atoms with Crippen LogP contribution in [0.5, 0.6) is 0 Å². The molecule has 1 fully saturated rings. The lowest BCUT2D eigenvalue weighted by Crippen LogP contribution is -2.47. The van der Waals surface area contributed by atoms with Gasteiger partial charge in [0, 0.05) is 33.3 Å². The van der Waals surface area contributed by atoms with Gasteiger partial charge in [-0.2, -0.15) is 4.31 Å². The average molecular weight is 284 g/mol. The number of benzene rings is 1. The Bertz CT molecular complexity index is 522. The van der Waals surface area contributed by atoms with E-state index in [1.165, 1.54) is 0 Å². The van der Waals surface area contributed by atoms with Gasteiger partial charge in [-0.05, 0) is 24.7 Å². The van der Waals surface area contributed by atoms with E-state index in [-0.39, 0.29) is 0 Å². The second-order valence-electron chi connectivity index (χ2n) is 4.79. The van der Waals surface area contributed by atoms with Crippen molar-refractivity contribution in [3.8, 4) is 0 Å². The first-order valence-electron chi connectivity index (χ1n) is 6.30. The van der Waals surface area contributed by atoms with Crippen LogP contribution in [-0.2, 0) is 21.4 Å². The van der Waals surface area contributed by atoms with Crippen LogP contribution >= 0.6 is 0 Å². The molecule has 1 aromatic rings. The Morgan fingerprint density at radius 1 is 1.21 bits per heavy atom. The van der Waals surface area contributed by atoms with Crippen molar-refractivity contribution < 1.29 is 13.2 Å². The van der Waals surface area contributed by atoms with E-state index in [9.17, 15) is 8.42 Å². The Hall–Kier alpha value is -0.950. The number of rotatable bonds is 4. The molecule has 1 aromatic carbocycles. The lowest BCUT2D eigenvalue weighted by atomic mass is 10.2. The highest BCUT2D eigenvalue weighted by Crippen LogP contribution is 2.18. The number of nitrogens with zero attached hydrogens (tertiary/aromatic N) is 2. The third kappa shape index (κ3) is 3.33. The largest absolute Gasteiger partial charge is 0.380 e. The van der Waals surface area contributed by atoms with Crippen molar-refractivity contribution >= 4 is 10.0 Å². The fourth-order valence-corrected chi connectivity index (χ4v) is 3.63. The van der Waals surface area contributed by atoms with Crippen LogP contribution in [0.15, 0.2) is 29.2 Å². The molecule has 0 N–H and O–H groups in total. The Morgan fingerprint density at radius 3 is 2.53 bits per heavy atom. The molecule has 0 bridgehead atoms. The molecule has 1 aliphatic rings. The molecule has 0 amide bonds. The Kier molecular flexibility index (Phi) is 4.57. The number of hydrogen-bond acceptors (Lipinski definition) is 4. The first-order chi connectivity index (χ1) is 9.04. The molecule has 0 spiro atoms. The monoisotopic (exact) mass is 284 g/mol. The lowest BCUT2D eigenvalue weighted by molar-refractivity contribution is 0.184. The summed E-state index contributed by atoms with van der Waals surface area (Å²) in [4.78, 5) is 2.49. The van der Waals surface area contributed by atoms with E-state index in [2.05, 4.69) is 4.90 Å². The molecule has 5 nitrogen and oxygen atoms in total. The van der Waals surface area contributed by atoms with Gasteiger partial charge in [0.1, 0.15) is 0 Å². The quantitative estimate of drug-likeness (QED) is 0.819. The normalized spacial score (nSPS) is 18.6. The van der Waals surface area contributed by atoms with E-state index in [1.807, 2.05) is 13.1 Å². The van der Waals surface area contributed by atoms with Gasteiger partial charge in [-0.15, -0.1) is 0 Å². The minimum atomic E-state index is -3.38. The zero-order valence-electron chi connectivity index (χ0n) is 11.4. The van der Waals surface area contributed by atoms with Gasteiger partial charge in [0.15, 0.2) is 0 Å². The molecule has 2 rings (SSSR count). The SMILES string of the molecule is COCc1cccc(S(=O)(=O)N2CCN(C)CC2)c1. The summed E-state index contributed by atoms with van der Waals surface area (Å²) in [6.45, 7) is 3.07. The Labute approximate surface area is 114 Å². The van der Waals surface area contributed by atoms with Crippen LogP contribution in [0.3, 0.4) is 0 Å². The van der Waals surface area contributed by atoms with Crippen molar-refractivity contribution in [3.05, 3.63) is 29.8 Å². The molecule has 0 aromatic heterocycles. The van der Waals surface area contributed by atoms with Gasteiger partial charge in [-0.1, -0.05) is 12.1 Å². The maximum absolute atomic E-state index is 12.5. The van der Waals surface area contributed by atoms with E-state index in [1.54, 1.807) is 29.6 Å². The van der Waals surface area contributed by atoms with E-state index in [0.717, 1.165) is 18.7 Å². The summed E-state index contributed by atoms with van der Waals surface area (Å²) in [6, 6.07) is 6.97. The van der Waals surface area contributed by atoms with Crippen molar-refractivity contribution in [1.29, 1.82) is 0 Å². The Balaban J connectivity index is 2.21. The molecule has 0 unspecified atom stereocenters. The van der Waals surface area contributed by atoms with Crippen LogP contribution in [0.1, 0.15) is 5.56 Å². The highest BCUT2D eigenvalue weighted by atomic mass is 32.2. The van der Waals surface area contributed by atoms with Crippen molar-refractivity contribution in [3.63, 3.8) is 0 Å². The minimum Gasteiger partial charge on any atom is -0.380 e. The topological polar surface area (TPSA) is 49.9 Å². The standard InChI is InChI=1S/C13H20N2O3S/c1-14-6-8-15(9-7-14)19(16,17)13-5-3-4-12(10-13)11-18-2/h3-5,10H,6-9,11H2,1-2H3. The maximum atomic E-state index is 12.5. The molecule has 6 heteroatoms. The van der Waals surface area contributed by atoms with Crippen LogP contribution in [0.2, 0.25) is 0 Å². The third-order valence-electron chi connectivity index (χ3n) is 3.31. The molecule has 19 heavy (non-hydrogen) atoms. The summed E-state index contributed by atoms with van der Waals surface area (Å²) in [5.41, 5.74) is 0.873. The van der Waals surface area contributed by atoms with Crippen molar-refractivity contribution in [2.24, 2.45) is 0 Å². The highest BCUT2D eigenvalue weighted by molar-refractivity contribution is 7.89. The molecule has 106 valence electrons. The van der Waals surface area contributed by atoms with E-state index >= 15 is 0 Å². The lowest BCUT2D eigenvalue weighted by Gasteiger charge is -2.31. The molecular weight excluding hydrogens is 264 g/mol. The summed E-state index contributed by atoms with van der Waals surface area (Å²) in [5.74, 6) is 0. The molecule has 1 heterocycles. The van der Waals surface area contributed by atoms with Crippen LogP contribution in [0, 0.1) is 0 Å². The molecule has 0 radical (unpaired) electrons. The number of sulfonamides is 1. The average Bonchev–Trinajstić information content (AvgIpc) is 2.40. The zero-order valence-corrected chi connectivity index (χ0v) is 12.2. The molecule has 0 atom stereocenters. The van der Waals surface area contributed by atoms with Crippen molar-refractivity contribution in [1.82, 2.24) is 9.21 Å². The van der Waals surface area contributed by atoms with E-state index in [0.29, 0.717) is 24.6 Å². The first-order valence-corrected chi connectivity index (χ1v) is 7.74. The molecule has 0 aliphatic carbocycles. The van der Waals surface area contributed by atoms with E-state index in [4.69, 9.17) is 4.74 Å². The van der Waals surface area contributed by atoms with Crippen LogP contribution in [-0.4, -0.2) is 58.0 Å². The van der Waals surface area contributed by atoms with Gasteiger partial charge in [0.2, 0.25) is 10.0 Å². The maximum Gasteiger partial charge on any atom is 0.243 e. The van der Waals surface area contributed by atoms with Gasteiger partial charge < -0.3 is 9.64 Å². The second kappa shape index (κ2) is 6.00. The second-order valence-corrected chi connectivity index (χ2v) is 6.73. The summed E-state index contributed by atoms with van der Waals surface area (Å²) in [6.07, 6.45) is 0. The number of ether oxygens (including phenoxy) is 1. The molecule has 1 aliphatic heterocycles. The minimum absolute atomic E-state index is 0.353. The first kappa shape index (κ1) is 14.5. The number of piperazine rings is 1. The highest BCUT2D eigenvalue weighted by Gasteiger charge is 2.27. The van der Waals surface area contributed by atoms with Gasteiger partial charge in [-0.3, -0.25) is 0 Å². The van der Waals surface area contributed by atoms with Gasteiger partial charge >= 0.3 is 0 Å². The van der Waals surface area contributed by atoms with Crippen LogP contribution in [0.4, 0.5) is 0 Å². The fourth-order valence-electron chi connectivity index (χ4n) is 2.14. The predicted molar refractivity (Wildman–Crippen MR) is 73.4 cm³/mol. The van der Waals surface area contributed by atoms with E-state index < -0.39 is 10.0 Å². The molecular formula is C13H20N2O3S.